The summed E-state index contributed by atoms with van der Waals surface area (Å²) >= 11 is 5.96. The molecule has 0 aromatic heterocycles. The minimum Gasteiger partial charge on any atom is -0.504 e. The molecule has 0 aliphatic rings. The number of rotatable bonds is 1. The van der Waals surface area contributed by atoms with Crippen LogP contribution in [0.25, 0.3) is 11.1 Å². The maximum absolute atomic E-state index is 9.70. The molecule has 0 saturated carbocycles. The van der Waals surface area contributed by atoms with E-state index in [1.54, 1.807) is 6.07 Å². The first-order valence-electron chi connectivity index (χ1n) is 4.46. The molecule has 0 spiro atoms. The number of phenols is 2. The van der Waals surface area contributed by atoms with Crippen LogP contribution in [0.3, 0.4) is 0 Å². The Labute approximate surface area is 92.4 Å². The summed E-state index contributed by atoms with van der Waals surface area (Å²) in [4.78, 5) is 0. The highest BCUT2D eigenvalue weighted by atomic mass is 35.5. The fraction of sp³-hybridized carbons (Fsp3) is 0. The van der Waals surface area contributed by atoms with Gasteiger partial charge in [-0.2, -0.15) is 0 Å². The van der Waals surface area contributed by atoms with Gasteiger partial charge in [-0.15, -0.1) is 0 Å². The monoisotopic (exact) mass is 220 g/mol. The van der Waals surface area contributed by atoms with E-state index in [9.17, 15) is 10.2 Å². The second-order valence-corrected chi connectivity index (χ2v) is 3.56. The molecule has 2 nitrogen and oxygen atoms in total. The smallest absolute Gasteiger partial charge is 0.166 e. The molecule has 0 aliphatic carbocycles. The normalized spacial score (nSPS) is 10.2. The van der Waals surface area contributed by atoms with Gasteiger partial charge in [0.15, 0.2) is 11.5 Å². The Balaban J connectivity index is 2.68. The molecule has 0 atom stereocenters. The maximum atomic E-state index is 9.70. The predicted molar refractivity (Wildman–Crippen MR) is 60.2 cm³/mol. The van der Waals surface area contributed by atoms with Crippen molar-refractivity contribution in [2.24, 2.45) is 0 Å². The lowest BCUT2D eigenvalue weighted by atomic mass is 10.0. The molecule has 3 heteroatoms. The van der Waals surface area contributed by atoms with Crippen molar-refractivity contribution < 1.29 is 10.2 Å². The maximum Gasteiger partial charge on any atom is 0.166 e. The van der Waals surface area contributed by atoms with Crippen molar-refractivity contribution in [2.45, 2.75) is 0 Å². The minimum atomic E-state index is -0.186. The van der Waals surface area contributed by atoms with E-state index in [0.29, 0.717) is 10.6 Å². The molecule has 2 aromatic carbocycles. The van der Waals surface area contributed by atoms with Gasteiger partial charge in [0.2, 0.25) is 0 Å². The van der Waals surface area contributed by atoms with Gasteiger partial charge in [0.1, 0.15) is 0 Å². The zero-order valence-electron chi connectivity index (χ0n) is 7.81. The first kappa shape index (κ1) is 9.87. The Bertz CT molecular complexity index is 480. The van der Waals surface area contributed by atoms with Crippen molar-refractivity contribution in [2.75, 3.05) is 0 Å². The molecule has 0 amide bonds. The summed E-state index contributed by atoms with van der Waals surface area (Å²) in [6.07, 6.45) is 0. The predicted octanol–water partition coefficient (Wildman–Crippen LogP) is 3.42. The molecule has 0 radical (unpaired) electrons. The molecule has 0 unspecified atom stereocenters. The van der Waals surface area contributed by atoms with E-state index in [4.69, 9.17) is 11.6 Å². The molecule has 0 heterocycles. The van der Waals surface area contributed by atoms with Crippen molar-refractivity contribution in [1.29, 1.82) is 0 Å². The molecule has 76 valence electrons. The number of halogens is 1. The molecule has 2 aromatic rings. The number of benzene rings is 2. The van der Waals surface area contributed by atoms with Gasteiger partial charge in [-0.05, 0) is 17.7 Å². The van der Waals surface area contributed by atoms with Crippen LogP contribution in [0.4, 0.5) is 0 Å². The molecular weight excluding hydrogens is 212 g/mol. The number of phenolic OH excluding ortho intramolecular Hbond substituents is 2. The van der Waals surface area contributed by atoms with E-state index in [2.05, 4.69) is 0 Å². The van der Waals surface area contributed by atoms with Crippen LogP contribution in [0.1, 0.15) is 0 Å². The van der Waals surface area contributed by atoms with Crippen LogP contribution in [0.5, 0.6) is 11.5 Å². The van der Waals surface area contributed by atoms with Crippen molar-refractivity contribution >= 4 is 11.6 Å². The largest absolute Gasteiger partial charge is 0.504 e. The Morgan fingerprint density at radius 2 is 1.53 bits per heavy atom. The van der Waals surface area contributed by atoms with Gasteiger partial charge < -0.3 is 10.2 Å². The summed E-state index contributed by atoms with van der Waals surface area (Å²) in [7, 11) is 0. The average Bonchev–Trinajstić information content (AvgIpc) is 2.26. The number of hydrogen-bond acceptors (Lipinski definition) is 2. The van der Waals surface area contributed by atoms with Crippen LogP contribution in [0.2, 0.25) is 5.02 Å². The second-order valence-electron chi connectivity index (χ2n) is 3.16. The van der Waals surface area contributed by atoms with Gasteiger partial charge >= 0.3 is 0 Å². The highest BCUT2D eigenvalue weighted by Crippen LogP contribution is 2.41. The van der Waals surface area contributed by atoms with Crippen LogP contribution in [-0.2, 0) is 0 Å². The Kier molecular flexibility index (Phi) is 2.52. The van der Waals surface area contributed by atoms with Crippen molar-refractivity contribution in [3.05, 3.63) is 47.5 Å². The SMILES string of the molecule is Oc1ccc(Cl)c(-c2ccccc2)c1O. The lowest BCUT2D eigenvalue weighted by molar-refractivity contribution is 0.405. The van der Waals surface area contributed by atoms with Gasteiger partial charge in [0.25, 0.3) is 0 Å². The summed E-state index contributed by atoms with van der Waals surface area (Å²) in [6, 6.07) is 12.1. The summed E-state index contributed by atoms with van der Waals surface area (Å²) in [5, 5.41) is 19.5. The lowest BCUT2D eigenvalue weighted by Gasteiger charge is -2.08. The standard InChI is InChI=1S/C12H9ClO2/c13-9-6-7-10(14)12(15)11(9)8-4-2-1-3-5-8/h1-7,14-15H. The summed E-state index contributed by atoms with van der Waals surface area (Å²) < 4.78 is 0. The number of aromatic hydroxyl groups is 2. The Morgan fingerprint density at radius 1 is 0.867 bits per heavy atom. The van der Waals surface area contributed by atoms with E-state index in [0.717, 1.165) is 5.56 Å². The fourth-order valence-electron chi connectivity index (χ4n) is 1.43. The molecule has 0 bridgehead atoms. The molecule has 0 fully saturated rings. The Morgan fingerprint density at radius 3 is 2.20 bits per heavy atom. The average molecular weight is 221 g/mol. The number of hydrogen-bond donors (Lipinski definition) is 2. The summed E-state index contributed by atoms with van der Waals surface area (Å²) in [6.45, 7) is 0. The first-order chi connectivity index (χ1) is 7.20. The van der Waals surface area contributed by atoms with Crippen molar-refractivity contribution in [3.63, 3.8) is 0 Å². The quantitative estimate of drug-likeness (QED) is 0.723. The van der Waals surface area contributed by atoms with E-state index < -0.39 is 0 Å². The van der Waals surface area contributed by atoms with Gasteiger partial charge in [0, 0.05) is 5.56 Å². The highest BCUT2D eigenvalue weighted by molar-refractivity contribution is 6.33. The first-order valence-corrected chi connectivity index (χ1v) is 4.84. The van der Waals surface area contributed by atoms with Crippen LogP contribution in [0.15, 0.2) is 42.5 Å². The van der Waals surface area contributed by atoms with E-state index in [1.807, 2.05) is 30.3 Å². The van der Waals surface area contributed by atoms with E-state index >= 15 is 0 Å². The van der Waals surface area contributed by atoms with Crippen molar-refractivity contribution in [1.82, 2.24) is 0 Å². The third-order valence-electron chi connectivity index (χ3n) is 2.17. The van der Waals surface area contributed by atoms with Crippen LogP contribution in [0, 0.1) is 0 Å². The zero-order chi connectivity index (χ0) is 10.8. The molecule has 0 saturated heterocycles. The van der Waals surface area contributed by atoms with Crippen LogP contribution < -0.4 is 0 Å². The minimum absolute atomic E-state index is 0.168. The van der Waals surface area contributed by atoms with Crippen LogP contribution >= 0.6 is 11.6 Å². The third kappa shape index (κ3) is 1.76. The third-order valence-corrected chi connectivity index (χ3v) is 2.48. The molecule has 15 heavy (non-hydrogen) atoms. The van der Waals surface area contributed by atoms with Crippen molar-refractivity contribution in [3.8, 4) is 22.6 Å². The molecule has 0 aliphatic heterocycles. The lowest BCUT2D eigenvalue weighted by Crippen LogP contribution is -1.81. The Hall–Kier alpha value is -1.67. The van der Waals surface area contributed by atoms with Gasteiger partial charge in [-0.1, -0.05) is 41.9 Å². The topological polar surface area (TPSA) is 40.5 Å². The van der Waals surface area contributed by atoms with E-state index in [-0.39, 0.29) is 11.5 Å². The van der Waals surface area contributed by atoms with Crippen LogP contribution in [-0.4, -0.2) is 10.2 Å². The highest BCUT2D eigenvalue weighted by Gasteiger charge is 2.12. The fourth-order valence-corrected chi connectivity index (χ4v) is 1.70. The van der Waals surface area contributed by atoms with E-state index in [1.165, 1.54) is 6.07 Å². The van der Waals surface area contributed by atoms with Gasteiger partial charge in [0.05, 0.1) is 5.02 Å². The summed E-state index contributed by atoms with van der Waals surface area (Å²) in [5.41, 5.74) is 1.23. The molecule has 2 rings (SSSR count). The molecular formula is C12H9ClO2. The van der Waals surface area contributed by atoms with Gasteiger partial charge in [-0.3, -0.25) is 0 Å². The zero-order valence-corrected chi connectivity index (χ0v) is 8.57. The van der Waals surface area contributed by atoms with Gasteiger partial charge in [-0.25, -0.2) is 0 Å². The molecule has 2 N–H and O–H groups in total. The summed E-state index contributed by atoms with van der Waals surface area (Å²) in [5.74, 6) is -0.355. The second kappa shape index (κ2) is 3.83.